The number of benzene rings is 2. The molecular formula is C34H46O5. The number of carbonyl (C=O) groups is 2. The fourth-order valence-corrected chi connectivity index (χ4v) is 4.99. The van der Waals surface area contributed by atoms with Gasteiger partial charge in [0.05, 0.1) is 17.7 Å². The van der Waals surface area contributed by atoms with E-state index in [2.05, 4.69) is 20.4 Å². The summed E-state index contributed by atoms with van der Waals surface area (Å²) in [5, 5.41) is 0. The zero-order valence-corrected chi connectivity index (χ0v) is 23.9. The third kappa shape index (κ3) is 10.9. The van der Waals surface area contributed by atoms with Crippen LogP contribution < -0.4 is 9.47 Å². The molecule has 1 aliphatic rings. The second-order valence-electron chi connectivity index (χ2n) is 10.9. The summed E-state index contributed by atoms with van der Waals surface area (Å²) in [6.45, 7) is 9.00. The van der Waals surface area contributed by atoms with Gasteiger partial charge >= 0.3 is 11.9 Å². The van der Waals surface area contributed by atoms with Gasteiger partial charge in [-0.1, -0.05) is 52.0 Å². The van der Waals surface area contributed by atoms with Crippen LogP contribution in [0.25, 0.3) is 0 Å². The van der Waals surface area contributed by atoms with Crippen molar-refractivity contribution in [3.63, 3.8) is 0 Å². The highest BCUT2D eigenvalue weighted by Crippen LogP contribution is 2.30. The summed E-state index contributed by atoms with van der Waals surface area (Å²) in [6, 6.07) is 13.6. The molecule has 0 aliphatic heterocycles. The smallest absolute Gasteiger partial charge is 0.343 e. The van der Waals surface area contributed by atoms with Gasteiger partial charge in [0.15, 0.2) is 0 Å². The molecule has 0 heterocycles. The zero-order valence-electron chi connectivity index (χ0n) is 23.9. The van der Waals surface area contributed by atoms with Gasteiger partial charge in [-0.2, -0.15) is 0 Å². The summed E-state index contributed by atoms with van der Waals surface area (Å²) in [4.78, 5) is 25.2. The molecule has 1 saturated carbocycles. The third-order valence-electron chi connectivity index (χ3n) is 7.79. The predicted molar refractivity (Wildman–Crippen MR) is 156 cm³/mol. The molecule has 2 aromatic rings. The minimum Gasteiger partial charge on any atom is -0.494 e. The molecule has 0 radical (unpaired) electrons. The van der Waals surface area contributed by atoms with Gasteiger partial charge in [0, 0.05) is 0 Å². The van der Waals surface area contributed by atoms with Gasteiger partial charge in [0.25, 0.3) is 0 Å². The molecule has 2 aromatic carbocycles. The Morgan fingerprint density at radius 3 is 2.15 bits per heavy atom. The topological polar surface area (TPSA) is 61.8 Å². The number of unbranched alkanes of at least 4 members (excludes halogenated alkanes) is 3. The molecule has 0 spiro atoms. The van der Waals surface area contributed by atoms with E-state index in [9.17, 15) is 9.59 Å². The van der Waals surface area contributed by atoms with E-state index in [0.717, 1.165) is 56.1 Å². The zero-order chi connectivity index (χ0) is 27.9. The molecule has 212 valence electrons. The maximum absolute atomic E-state index is 12.6. The molecule has 1 aliphatic carbocycles. The van der Waals surface area contributed by atoms with Crippen molar-refractivity contribution in [1.29, 1.82) is 0 Å². The van der Waals surface area contributed by atoms with E-state index in [-0.39, 0.29) is 12.1 Å². The van der Waals surface area contributed by atoms with Crippen molar-refractivity contribution in [3.05, 3.63) is 72.3 Å². The first-order valence-corrected chi connectivity index (χ1v) is 14.9. The highest BCUT2D eigenvalue weighted by Gasteiger charge is 2.24. The molecule has 5 nitrogen and oxygen atoms in total. The van der Waals surface area contributed by atoms with Crippen molar-refractivity contribution < 1.29 is 23.8 Å². The van der Waals surface area contributed by atoms with Gasteiger partial charge < -0.3 is 14.2 Å². The summed E-state index contributed by atoms with van der Waals surface area (Å²) >= 11 is 0. The van der Waals surface area contributed by atoms with Crippen molar-refractivity contribution in [2.75, 3.05) is 6.61 Å². The lowest BCUT2D eigenvalue weighted by atomic mass is 9.84. The molecule has 0 bridgehead atoms. The molecule has 5 heteroatoms. The van der Waals surface area contributed by atoms with Gasteiger partial charge in [-0.3, -0.25) is 0 Å². The van der Waals surface area contributed by atoms with E-state index in [4.69, 9.17) is 14.2 Å². The largest absolute Gasteiger partial charge is 0.494 e. The molecule has 1 atom stereocenters. The molecule has 0 aromatic heterocycles. The maximum Gasteiger partial charge on any atom is 0.343 e. The Balaban J connectivity index is 1.37. The Labute approximate surface area is 234 Å². The summed E-state index contributed by atoms with van der Waals surface area (Å²) < 4.78 is 17.0. The van der Waals surface area contributed by atoms with E-state index in [1.165, 1.54) is 38.5 Å². The summed E-state index contributed by atoms with van der Waals surface area (Å²) in [6.07, 6.45) is 15.4. The fraction of sp³-hybridized carbons (Fsp3) is 0.529. The number of hydrogen-bond acceptors (Lipinski definition) is 5. The quantitative estimate of drug-likeness (QED) is 0.0931. The van der Waals surface area contributed by atoms with Crippen LogP contribution in [-0.2, 0) is 4.74 Å². The van der Waals surface area contributed by atoms with Crippen LogP contribution in [0.3, 0.4) is 0 Å². The highest BCUT2D eigenvalue weighted by atomic mass is 16.5. The number of esters is 2. The van der Waals surface area contributed by atoms with Crippen LogP contribution in [0.1, 0.15) is 112 Å². The van der Waals surface area contributed by atoms with Gasteiger partial charge in [-0.05, 0) is 105 Å². The summed E-state index contributed by atoms with van der Waals surface area (Å²) in [7, 11) is 0. The Bertz CT molecular complexity index is 1000. The lowest BCUT2D eigenvalue weighted by Crippen LogP contribution is -2.24. The number of rotatable bonds is 16. The van der Waals surface area contributed by atoms with Crippen molar-refractivity contribution in [1.82, 2.24) is 0 Å². The van der Waals surface area contributed by atoms with E-state index in [1.54, 1.807) is 48.5 Å². The van der Waals surface area contributed by atoms with E-state index >= 15 is 0 Å². The summed E-state index contributed by atoms with van der Waals surface area (Å²) in [5.74, 6) is 1.88. The molecule has 0 N–H and O–H groups in total. The minimum atomic E-state index is -0.452. The van der Waals surface area contributed by atoms with Crippen molar-refractivity contribution in [2.45, 2.75) is 97.0 Å². The Kier molecular flexibility index (Phi) is 13.1. The first-order valence-electron chi connectivity index (χ1n) is 14.9. The van der Waals surface area contributed by atoms with Crippen LogP contribution in [0.15, 0.2) is 61.2 Å². The van der Waals surface area contributed by atoms with Crippen LogP contribution >= 0.6 is 0 Å². The average molecular weight is 535 g/mol. The van der Waals surface area contributed by atoms with Crippen molar-refractivity contribution in [2.24, 2.45) is 11.8 Å². The second kappa shape index (κ2) is 16.8. The van der Waals surface area contributed by atoms with Gasteiger partial charge in [-0.25, -0.2) is 9.59 Å². The van der Waals surface area contributed by atoms with Crippen molar-refractivity contribution >= 4 is 11.9 Å². The lowest BCUT2D eigenvalue weighted by molar-refractivity contribution is 0.0161. The third-order valence-corrected chi connectivity index (χ3v) is 7.79. The minimum absolute atomic E-state index is 0.0211. The highest BCUT2D eigenvalue weighted by molar-refractivity contribution is 5.92. The van der Waals surface area contributed by atoms with Crippen LogP contribution in [0.5, 0.6) is 11.5 Å². The molecule has 1 unspecified atom stereocenters. The van der Waals surface area contributed by atoms with Crippen LogP contribution in [0.2, 0.25) is 0 Å². The SMILES string of the molecule is C=CCCCC1CCC(OC(=O)c2ccc(OC(=O)c3ccc(OCCCCCC(C)CC)cc3)cc2)CC1. The number of hydrogen-bond donors (Lipinski definition) is 0. The van der Waals surface area contributed by atoms with Crippen LogP contribution in [-0.4, -0.2) is 24.6 Å². The van der Waals surface area contributed by atoms with Crippen LogP contribution in [0, 0.1) is 11.8 Å². The second-order valence-corrected chi connectivity index (χ2v) is 10.9. The lowest BCUT2D eigenvalue weighted by Gasteiger charge is -2.28. The first-order chi connectivity index (χ1) is 19.0. The van der Waals surface area contributed by atoms with E-state index in [1.807, 2.05) is 6.08 Å². The number of ether oxygens (including phenoxy) is 3. The van der Waals surface area contributed by atoms with Gasteiger partial charge in [-0.15, -0.1) is 6.58 Å². The van der Waals surface area contributed by atoms with Gasteiger partial charge in [0.1, 0.15) is 17.6 Å². The van der Waals surface area contributed by atoms with Crippen LogP contribution in [0.4, 0.5) is 0 Å². The average Bonchev–Trinajstić information content (AvgIpc) is 2.96. The van der Waals surface area contributed by atoms with E-state index < -0.39 is 5.97 Å². The molecule has 0 saturated heterocycles. The standard InChI is InChI=1S/C34H46O5/c1-4-6-8-12-27-13-19-31(20-14-27)38-34(36)29-17-23-32(24-18-29)39-33(35)28-15-21-30(22-16-28)37-25-10-7-9-11-26(3)5-2/h4,15-18,21-24,26-27,31H,1,5-14,19-20,25H2,2-3H3. The van der Waals surface area contributed by atoms with Gasteiger partial charge in [0.2, 0.25) is 0 Å². The monoisotopic (exact) mass is 534 g/mol. The Hall–Kier alpha value is -3.08. The summed E-state index contributed by atoms with van der Waals surface area (Å²) in [5.41, 5.74) is 0.906. The normalized spacial score (nSPS) is 17.7. The number of carbonyl (C=O) groups excluding carboxylic acids is 2. The Morgan fingerprint density at radius 1 is 0.872 bits per heavy atom. The van der Waals surface area contributed by atoms with E-state index in [0.29, 0.717) is 23.5 Å². The number of allylic oxidation sites excluding steroid dienone is 1. The Morgan fingerprint density at radius 2 is 1.51 bits per heavy atom. The first kappa shape index (κ1) is 30.5. The maximum atomic E-state index is 12.6. The predicted octanol–water partition coefficient (Wildman–Crippen LogP) is 8.96. The molecule has 3 rings (SSSR count). The fourth-order valence-electron chi connectivity index (χ4n) is 4.99. The molecule has 1 fully saturated rings. The van der Waals surface area contributed by atoms with Crippen molar-refractivity contribution in [3.8, 4) is 11.5 Å². The molecule has 0 amide bonds. The molecular weight excluding hydrogens is 488 g/mol. The molecule has 39 heavy (non-hydrogen) atoms.